The van der Waals surface area contributed by atoms with Crippen LogP contribution in [0.1, 0.15) is 23.6 Å². The van der Waals surface area contributed by atoms with Crippen molar-refractivity contribution in [2.24, 2.45) is 5.73 Å². The van der Waals surface area contributed by atoms with Crippen LogP contribution in [0.2, 0.25) is 0 Å². The minimum Gasteiger partial charge on any atom is -0.352 e. The molecule has 0 aliphatic carbocycles. The normalized spacial score (nSPS) is 12.1. The van der Waals surface area contributed by atoms with Crippen molar-refractivity contribution in [2.75, 3.05) is 0 Å². The van der Waals surface area contributed by atoms with Crippen LogP contribution in [0.15, 0.2) is 42.7 Å². The average molecular weight is 244 g/mol. The molecule has 1 aromatic heterocycles. The Morgan fingerprint density at radius 3 is 2.83 bits per heavy atom. The van der Waals surface area contributed by atoms with Gasteiger partial charge < -0.3 is 11.1 Å². The lowest BCUT2D eigenvalue weighted by molar-refractivity contribution is -0.121. The van der Waals surface area contributed by atoms with Gasteiger partial charge in [0.15, 0.2) is 0 Å². The van der Waals surface area contributed by atoms with Crippen molar-refractivity contribution in [3.8, 4) is 0 Å². The molecule has 0 spiro atoms. The van der Waals surface area contributed by atoms with Gasteiger partial charge in [0.05, 0.1) is 6.20 Å². The van der Waals surface area contributed by atoms with Crippen LogP contribution in [-0.2, 0) is 11.3 Å². The summed E-state index contributed by atoms with van der Waals surface area (Å²) in [6, 6.07) is 9.34. The van der Waals surface area contributed by atoms with E-state index in [4.69, 9.17) is 5.73 Å². The molecule has 94 valence electrons. The molecule has 1 heterocycles. The molecular weight excluding hydrogens is 228 g/mol. The topological polar surface area (TPSA) is 83.8 Å². The highest BCUT2D eigenvalue weighted by Gasteiger charge is 2.10. The minimum absolute atomic E-state index is 0.0625. The van der Waals surface area contributed by atoms with Crippen LogP contribution in [-0.4, -0.2) is 16.1 Å². The van der Waals surface area contributed by atoms with Crippen molar-refractivity contribution in [3.63, 3.8) is 0 Å². The van der Waals surface area contributed by atoms with E-state index in [0.29, 0.717) is 6.54 Å². The van der Waals surface area contributed by atoms with Gasteiger partial charge in [0.2, 0.25) is 5.91 Å². The quantitative estimate of drug-likeness (QED) is 0.736. The summed E-state index contributed by atoms with van der Waals surface area (Å²) in [6.07, 6.45) is 3.71. The van der Waals surface area contributed by atoms with Crippen molar-refractivity contribution in [1.82, 2.24) is 15.5 Å². The van der Waals surface area contributed by atoms with Crippen molar-refractivity contribution in [2.45, 2.75) is 19.0 Å². The lowest BCUT2D eigenvalue weighted by Crippen LogP contribution is -2.27. The lowest BCUT2D eigenvalue weighted by Gasteiger charge is -2.11. The summed E-state index contributed by atoms with van der Waals surface area (Å²) < 4.78 is 0. The van der Waals surface area contributed by atoms with Crippen LogP contribution < -0.4 is 11.1 Å². The Hall–Kier alpha value is -2.14. The molecular formula is C13H16N4O. The van der Waals surface area contributed by atoms with Gasteiger partial charge in [-0.15, -0.1) is 0 Å². The number of aromatic nitrogens is 2. The molecule has 0 bridgehead atoms. The number of amides is 1. The second-order valence-electron chi connectivity index (χ2n) is 4.10. The molecule has 0 fully saturated rings. The summed E-state index contributed by atoms with van der Waals surface area (Å²) in [5.41, 5.74) is 7.88. The largest absolute Gasteiger partial charge is 0.352 e. The Morgan fingerprint density at radius 2 is 2.17 bits per heavy atom. The number of H-pyrrole nitrogens is 1. The van der Waals surface area contributed by atoms with Crippen molar-refractivity contribution in [3.05, 3.63) is 53.9 Å². The number of nitrogens with two attached hydrogens (primary N) is 1. The zero-order valence-electron chi connectivity index (χ0n) is 9.97. The molecule has 0 saturated carbocycles. The Morgan fingerprint density at radius 1 is 1.39 bits per heavy atom. The van der Waals surface area contributed by atoms with Crippen molar-refractivity contribution >= 4 is 5.91 Å². The number of rotatable bonds is 5. The molecule has 5 nitrogen and oxygen atoms in total. The number of carbonyl (C=O) groups excluding carboxylic acids is 1. The Kier molecular flexibility index (Phi) is 4.09. The van der Waals surface area contributed by atoms with Crippen molar-refractivity contribution < 1.29 is 4.79 Å². The maximum atomic E-state index is 11.7. The molecule has 18 heavy (non-hydrogen) atoms. The standard InChI is InChI=1S/C13H16N4O/c14-12(11-4-2-1-3-5-11)6-13(18)15-7-10-8-16-17-9-10/h1-5,8-9,12H,6-7,14H2,(H,15,18)(H,16,17). The Labute approximate surface area is 105 Å². The van der Waals surface area contributed by atoms with E-state index in [9.17, 15) is 4.79 Å². The summed E-state index contributed by atoms with van der Waals surface area (Å²) in [5, 5.41) is 9.31. The Balaban J connectivity index is 1.80. The average Bonchev–Trinajstić information content (AvgIpc) is 2.90. The van der Waals surface area contributed by atoms with Gasteiger partial charge in [-0.25, -0.2) is 0 Å². The van der Waals surface area contributed by atoms with Crippen molar-refractivity contribution in [1.29, 1.82) is 0 Å². The molecule has 4 N–H and O–H groups in total. The first-order valence-electron chi connectivity index (χ1n) is 5.80. The van der Waals surface area contributed by atoms with Gasteiger partial charge in [-0.1, -0.05) is 30.3 Å². The van der Waals surface area contributed by atoms with E-state index in [0.717, 1.165) is 11.1 Å². The fourth-order valence-electron chi connectivity index (χ4n) is 1.66. The molecule has 1 atom stereocenters. The third kappa shape index (κ3) is 3.43. The zero-order valence-corrected chi connectivity index (χ0v) is 9.97. The molecule has 0 radical (unpaired) electrons. The molecule has 0 aliphatic heterocycles. The van der Waals surface area contributed by atoms with E-state index in [-0.39, 0.29) is 18.4 Å². The summed E-state index contributed by atoms with van der Waals surface area (Å²) in [4.78, 5) is 11.7. The number of hydrogen-bond acceptors (Lipinski definition) is 3. The number of nitrogens with one attached hydrogen (secondary N) is 2. The third-order valence-corrected chi connectivity index (χ3v) is 2.68. The first-order valence-corrected chi connectivity index (χ1v) is 5.80. The molecule has 1 aromatic carbocycles. The number of hydrogen-bond donors (Lipinski definition) is 3. The first kappa shape index (κ1) is 12.3. The molecule has 1 amide bonds. The van der Waals surface area contributed by atoms with Gasteiger partial charge in [0.1, 0.15) is 0 Å². The monoisotopic (exact) mass is 244 g/mol. The van der Waals surface area contributed by atoms with Gasteiger partial charge in [-0.05, 0) is 5.56 Å². The first-order chi connectivity index (χ1) is 8.75. The van der Waals surface area contributed by atoms with Crippen LogP contribution in [0.5, 0.6) is 0 Å². The van der Waals surface area contributed by atoms with E-state index in [1.54, 1.807) is 12.4 Å². The van der Waals surface area contributed by atoms with E-state index in [2.05, 4.69) is 15.5 Å². The number of carbonyl (C=O) groups is 1. The van der Waals surface area contributed by atoms with Crippen LogP contribution in [0, 0.1) is 0 Å². The van der Waals surface area contributed by atoms with Gasteiger partial charge in [-0.3, -0.25) is 9.89 Å². The van der Waals surface area contributed by atoms with Crippen LogP contribution in [0.3, 0.4) is 0 Å². The SMILES string of the molecule is NC(CC(=O)NCc1cn[nH]c1)c1ccccc1. The maximum Gasteiger partial charge on any atom is 0.222 e. The molecule has 0 aliphatic rings. The van der Waals surface area contributed by atoms with Crippen LogP contribution >= 0.6 is 0 Å². The van der Waals surface area contributed by atoms with Crippen LogP contribution in [0.25, 0.3) is 0 Å². The smallest absolute Gasteiger partial charge is 0.222 e. The summed E-state index contributed by atoms with van der Waals surface area (Å²) >= 11 is 0. The highest BCUT2D eigenvalue weighted by Crippen LogP contribution is 2.12. The van der Waals surface area contributed by atoms with E-state index in [1.165, 1.54) is 0 Å². The summed E-state index contributed by atoms with van der Waals surface area (Å²) in [6.45, 7) is 0.469. The molecule has 0 saturated heterocycles. The Bertz CT molecular complexity index is 481. The van der Waals surface area contributed by atoms with Gasteiger partial charge in [0, 0.05) is 30.8 Å². The molecule has 2 rings (SSSR count). The minimum atomic E-state index is -0.268. The second-order valence-corrected chi connectivity index (χ2v) is 4.10. The molecule has 5 heteroatoms. The highest BCUT2D eigenvalue weighted by molar-refractivity contribution is 5.76. The van der Waals surface area contributed by atoms with E-state index in [1.807, 2.05) is 30.3 Å². The predicted molar refractivity (Wildman–Crippen MR) is 68.4 cm³/mol. The van der Waals surface area contributed by atoms with Gasteiger partial charge >= 0.3 is 0 Å². The predicted octanol–water partition coefficient (Wildman–Crippen LogP) is 1.12. The molecule has 2 aromatic rings. The third-order valence-electron chi connectivity index (χ3n) is 2.68. The maximum absolute atomic E-state index is 11.7. The zero-order chi connectivity index (χ0) is 12.8. The van der Waals surface area contributed by atoms with Crippen LogP contribution in [0.4, 0.5) is 0 Å². The van der Waals surface area contributed by atoms with Gasteiger partial charge in [0.25, 0.3) is 0 Å². The summed E-state index contributed by atoms with van der Waals surface area (Å²) in [7, 11) is 0. The second kappa shape index (κ2) is 5.97. The highest BCUT2D eigenvalue weighted by atomic mass is 16.1. The van der Waals surface area contributed by atoms with E-state index < -0.39 is 0 Å². The summed E-state index contributed by atoms with van der Waals surface area (Å²) in [5.74, 6) is -0.0625. The molecule has 1 unspecified atom stereocenters. The fraction of sp³-hybridized carbons (Fsp3) is 0.231. The number of nitrogens with zero attached hydrogens (tertiary/aromatic N) is 1. The lowest BCUT2D eigenvalue weighted by atomic mass is 10.0. The number of aromatic amines is 1. The fourth-order valence-corrected chi connectivity index (χ4v) is 1.66. The number of benzene rings is 1. The van der Waals surface area contributed by atoms with Gasteiger partial charge in [-0.2, -0.15) is 5.10 Å². The van der Waals surface area contributed by atoms with E-state index >= 15 is 0 Å².